The number of aromatic nitrogens is 2. The topological polar surface area (TPSA) is 78.0 Å². The van der Waals surface area contributed by atoms with Crippen molar-refractivity contribution in [3.63, 3.8) is 0 Å². The van der Waals surface area contributed by atoms with Crippen LogP contribution in [0.4, 0.5) is 5.69 Å². The maximum Gasteiger partial charge on any atom is 0.271 e. The summed E-state index contributed by atoms with van der Waals surface area (Å²) in [4.78, 5) is 27.3. The molecule has 0 fully saturated rings. The Morgan fingerprint density at radius 2 is 1.86 bits per heavy atom. The summed E-state index contributed by atoms with van der Waals surface area (Å²) < 4.78 is 1.38. The van der Waals surface area contributed by atoms with Crippen LogP contribution in [0, 0.1) is 17.0 Å². The van der Waals surface area contributed by atoms with Crippen LogP contribution in [0.3, 0.4) is 0 Å². The van der Waals surface area contributed by atoms with E-state index < -0.39 is 4.92 Å². The number of aryl methyl sites for hydroxylation is 1. The highest BCUT2D eigenvalue weighted by Gasteiger charge is 2.12. The molecule has 0 atom stereocenters. The maximum absolute atomic E-state index is 12.6. The zero-order valence-electron chi connectivity index (χ0n) is 11.6. The first-order chi connectivity index (χ1) is 10.1. The fraction of sp³-hybridized carbons (Fsp3) is 0.0667. The molecule has 3 aromatic rings. The highest BCUT2D eigenvalue weighted by Crippen LogP contribution is 2.17. The molecule has 0 aliphatic carbocycles. The number of non-ortho nitro benzene ring substituents is 1. The van der Waals surface area contributed by atoms with Crippen LogP contribution in [0.2, 0.25) is 0 Å². The lowest BCUT2D eigenvalue weighted by atomic mass is 10.2. The van der Waals surface area contributed by atoms with Crippen LogP contribution in [0.25, 0.3) is 16.6 Å². The van der Waals surface area contributed by atoms with Gasteiger partial charge in [-0.25, -0.2) is 4.98 Å². The molecule has 0 unspecified atom stereocenters. The first kappa shape index (κ1) is 15.7. The van der Waals surface area contributed by atoms with E-state index in [0.717, 1.165) is 0 Å². The number of hydrogen-bond acceptors (Lipinski definition) is 4. The van der Waals surface area contributed by atoms with E-state index in [1.165, 1.54) is 16.7 Å². The van der Waals surface area contributed by atoms with Crippen molar-refractivity contribution in [3.05, 3.63) is 74.8 Å². The van der Waals surface area contributed by atoms with Crippen LogP contribution in [0.1, 0.15) is 5.82 Å². The van der Waals surface area contributed by atoms with Gasteiger partial charge in [-0.1, -0.05) is 18.2 Å². The maximum atomic E-state index is 12.6. The number of nitro groups is 1. The molecular weight excluding hydrogens is 306 g/mol. The van der Waals surface area contributed by atoms with Gasteiger partial charge in [0.2, 0.25) is 0 Å². The molecule has 1 aromatic heterocycles. The monoisotopic (exact) mass is 317 g/mol. The Hall–Kier alpha value is -2.73. The smallest absolute Gasteiger partial charge is 0.268 e. The summed E-state index contributed by atoms with van der Waals surface area (Å²) in [5.41, 5.74) is 0.747. The first-order valence-corrected chi connectivity index (χ1v) is 6.31. The number of halogens is 1. The van der Waals surface area contributed by atoms with Gasteiger partial charge in [0.1, 0.15) is 5.82 Å². The summed E-state index contributed by atoms with van der Waals surface area (Å²) >= 11 is 0. The zero-order chi connectivity index (χ0) is 15.0. The Labute approximate surface area is 131 Å². The Bertz CT molecular complexity index is 921. The van der Waals surface area contributed by atoms with E-state index in [2.05, 4.69) is 4.98 Å². The van der Waals surface area contributed by atoms with E-state index in [1.807, 2.05) is 6.07 Å². The largest absolute Gasteiger partial charge is 0.271 e. The first-order valence-electron chi connectivity index (χ1n) is 6.31. The minimum Gasteiger partial charge on any atom is -0.268 e. The molecule has 0 radical (unpaired) electrons. The summed E-state index contributed by atoms with van der Waals surface area (Å²) in [6, 6.07) is 13.0. The van der Waals surface area contributed by atoms with Gasteiger partial charge in [-0.2, -0.15) is 0 Å². The highest BCUT2D eigenvalue weighted by molar-refractivity contribution is 5.85. The zero-order valence-corrected chi connectivity index (χ0v) is 12.4. The molecule has 0 aliphatic rings. The molecule has 0 amide bonds. The molecule has 0 spiro atoms. The lowest BCUT2D eigenvalue weighted by Gasteiger charge is -2.10. The molecule has 7 heteroatoms. The van der Waals surface area contributed by atoms with E-state index >= 15 is 0 Å². The molecule has 6 nitrogen and oxygen atoms in total. The Morgan fingerprint density at radius 3 is 2.59 bits per heavy atom. The second kappa shape index (κ2) is 5.95. The lowest BCUT2D eigenvalue weighted by molar-refractivity contribution is -0.384. The van der Waals surface area contributed by atoms with Gasteiger partial charge in [0, 0.05) is 12.1 Å². The minimum absolute atomic E-state index is 0. The lowest BCUT2D eigenvalue weighted by Crippen LogP contribution is -2.22. The summed E-state index contributed by atoms with van der Waals surface area (Å²) in [7, 11) is 0. The molecule has 0 saturated heterocycles. The number of hydrogen-bond donors (Lipinski definition) is 0. The van der Waals surface area contributed by atoms with Crippen LogP contribution in [-0.2, 0) is 0 Å². The summed E-state index contributed by atoms with van der Waals surface area (Å²) in [5.74, 6) is 0.485. The number of rotatable bonds is 2. The average molecular weight is 318 g/mol. The minimum atomic E-state index is -0.488. The van der Waals surface area contributed by atoms with Crippen molar-refractivity contribution in [1.82, 2.24) is 9.55 Å². The second-order valence-corrected chi connectivity index (χ2v) is 4.59. The van der Waals surface area contributed by atoms with Crippen molar-refractivity contribution in [2.75, 3.05) is 0 Å². The predicted molar refractivity (Wildman–Crippen MR) is 86.0 cm³/mol. The van der Waals surface area contributed by atoms with Crippen LogP contribution in [-0.4, -0.2) is 14.5 Å². The summed E-state index contributed by atoms with van der Waals surface area (Å²) in [6.45, 7) is 1.70. The summed E-state index contributed by atoms with van der Waals surface area (Å²) in [6.07, 6.45) is 0. The molecule has 0 N–H and O–H groups in total. The van der Waals surface area contributed by atoms with Crippen molar-refractivity contribution in [2.24, 2.45) is 0 Å². The fourth-order valence-corrected chi connectivity index (χ4v) is 2.29. The van der Waals surface area contributed by atoms with E-state index in [-0.39, 0.29) is 23.7 Å². The van der Waals surface area contributed by atoms with E-state index in [4.69, 9.17) is 0 Å². The molecule has 3 rings (SSSR count). The second-order valence-electron chi connectivity index (χ2n) is 4.59. The van der Waals surface area contributed by atoms with Crippen molar-refractivity contribution in [2.45, 2.75) is 6.92 Å². The number of benzene rings is 2. The third-order valence-electron chi connectivity index (χ3n) is 3.24. The number of nitrogens with zero attached hydrogens (tertiary/aromatic N) is 3. The van der Waals surface area contributed by atoms with Gasteiger partial charge >= 0.3 is 0 Å². The number of nitro benzene ring substituents is 1. The third-order valence-corrected chi connectivity index (χ3v) is 3.24. The molecule has 22 heavy (non-hydrogen) atoms. The molecule has 0 aliphatic heterocycles. The Morgan fingerprint density at radius 1 is 1.14 bits per heavy atom. The van der Waals surface area contributed by atoms with Crippen molar-refractivity contribution < 1.29 is 4.92 Å². The highest BCUT2D eigenvalue weighted by atomic mass is 35.5. The third kappa shape index (κ3) is 2.56. The molecule has 1 heterocycles. The van der Waals surface area contributed by atoms with Crippen molar-refractivity contribution in [3.8, 4) is 5.69 Å². The average Bonchev–Trinajstić information content (AvgIpc) is 2.47. The SMILES string of the molecule is Cc1nc2ccccc2c(=O)n1-c1cccc([N+](=O)[O-])c1.Cl. The fourth-order valence-electron chi connectivity index (χ4n) is 2.29. The van der Waals surface area contributed by atoms with E-state index in [1.54, 1.807) is 37.3 Å². The molecule has 0 bridgehead atoms. The molecular formula is C15H12ClN3O3. The quantitative estimate of drug-likeness (QED) is 0.537. The molecule has 112 valence electrons. The van der Waals surface area contributed by atoms with Gasteiger partial charge in [-0.15, -0.1) is 12.4 Å². The van der Waals surface area contributed by atoms with Gasteiger partial charge in [0.15, 0.2) is 0 Å². The number of para-hydroxylation sites is 1. The van der Waals surface area contributed by atoms with Gasteiger partial charge < -0.3 is 0 Å². The number of fused-ring (bicyclic) bond motifs is 1. The van der Waals surface area contributed by atoms with Gasteiger partial charge in [-0.3, -0.25) is 19.5 Å². The molecule has 2 aromatic carbocycles. The predicted octanol–water partition coefficient (Wildman–Crippen LogP) is 3.02. The van der Waals surface area contributed by atoms with Crippen LogP contribution >= 0.6 is 12.4 Å². The van der Waals surface area contributed by atoms with Crippen LogP contribution in [0.15, 0.2) is 53.3 Å². The van der Waals surface area contributed by atoms with Crippen molar-refractivity contribution in [1.29, 1.82) is 0 Å². The van der Waals surface area contributed by atoms with Gasteiger partial charge in [-0.05, 0) is 25.1 Å². The summed E-state index contributed by atoms with van der Waals surface area (Å²) in [5, 5.41) is 11.4. The van der Waals surface area contributed by atoms with Crippen LogP contribution in [0.5, 0.6) is 0 Å². The van der Waals surface area contributed by atoms with Crippen molar-refractivity contribution >= 4 is 29.0 Å². The van der Waals surface area contributed by atoms with Gasteiger partial charge in [0.25, 0.3) is 11.2 Å². The molecule has 0 saturated carbocycles. The Kier molecular flexibility index (Phi) is 4.23. The van der Waals surface area contributed by atoms with E-state index in [0.29, 0.717) is 22.4 Å². The van der Waals surface area contributed by atoms with Crippen LogP contribution < -0.4 is 5.56 Å². The van der Waals surface area contributed by atoms with Gasteiger partial charge in [0.05, 0.1) is 21.5 Å². The normalized spacial score (nSPS) is 10.2. The Balaban J connectivity index is 0.00000176. The van der Waals surface area contributed by atoms with E-state index in [9.17, 15) is 14.9 Å². The standard InChI is InChI=1S/C15H11N3O3.ClH/c1-10-16-14-8-3-2-7-13(14)15(19)17(10)11-5-4-6-12(9-11)18(20)21;/h2-9H,1H3;1H.